The maximum Gasteiger partial charge on any atom is 0.0979 e. The zero-order chi connectivity index (χ0) is 14.3. The first-order valence-corrected chi connectivity index (χ1v) is 7.74. The van der Waals surface area contributed by atoms with Crippen molar-refractivity contribution < 1.29 is 0 Å². The molecular formula is C13H23N5S. The van der Waals surface area contributed by atoms with E-state index in [1.54, 1.807) is 11.9 Å². The van der Waals surface area contributed by atoms with Gasteiger partial charge in [0.05, 0.1) is 42.9 Å². The Kier molecular flexibility index (Phi) is 7.19. The maximum atomic E-state index is 9.03. The molecule has 0 aromatic heterocycles. The van der Waals surface area contributed by atoms with Gasteiger partial charge >= 0.3 is 0 Å². The SMILES string of the molecule is CCC1NC(CC)N(CC#N)C(CC)SN1CC#N. The van der Waals surface area contributed by atoms with Gasteiger partial charge in [0.15, 0.2) is 0 Å². The fraction of sp³-hybridized carbons (Fsp3) is 0.846. The zero-order valence-corrected chi connectivity index (χ0v) is 12.8. The Labute approximate surface area is 120 Å². The van der Waals surface area contributed by atoms with Crippen molar-refractivity contribution in [3.05, 3.63) is 0 Å². The van der Waals surface area contributed by atoms with E-state index in [9.17, 15) is 0 Å². The molecule has 0 bridgehead atoms. The summed E-state index contributed by atoms with van der Waals surface area (Å²) in [6.45, 7) is 7.21. The average Bonchev–Trinajstić information content (AvgIpc) is 2.57. The summed E-state index contributed by atoms with van der Waals surface area (Å²) in [4.78, 5) is 2.21. The summed E-state index contributed by atoms with van der Waals surface area (Å²) in [7, 11) is 0. The van der Waals surface area contributed by atoms with Crippen LogP contribution in [-0.2, 0) is 0 Å². The number of nitriles is 2. The van der Waals surface area contributed by atoms with Crippen LogP contribution in [-0.4, -0.2) is 40.0 Å². The molecule has 0 aromatic rings. The summed E-state index contributed by atoms with van der Waals surface area (Å²) in [5.41, 5.74) is 0. The lowest BCUT2D eigenvalue weighted by atomic mass is 10.2. The highest BCUT2D eigenvalue weighted by Crippen LogP contribution is 2.30. The van der Waals surface area contributed by atoms with Gasteiger partial charge in [-0.05, 0) is 19.3 Å². The van der Waals surface area contributed by atoms with Crippen LogP contribution < -0.4 is 5.32 Å². The van der Waals surface area contributed by atoms with Crippen LogP contribution in [0.3, 0.4) is 0 Å². The molecule has 1 saturated heterocycles. The highest BCUT2D eigenvalue weighted by atomic mass is 32.2. The van der Waals surface area contributed by atoms with Crippen molar-refractivity contribution in [2.75, 3.05) is 13.1 Å². The Morgan fingerprint density at radius 2 is 1.63 bits per heavy atom. The summed E-state index contributed by atoms with van der Waals surface area (Å²) >= 11 is 1.70. The van der Waals surface area contributed by atoms with Crippen molar-refractivity contribution in [1.29, 1.82) is 10.5 Å². The lowest BCUT2D eigenvalue weighted by Gasteiger charge is -2.32. The predicted octanol–water partition coefficient (Wildman–Crippen LogP) is 2.10. The van der Waals surface area contributed by atoms with Crippen LogP contribution in [0.1, 0.15) is 40.0 Å². The molecule has 1 fully saturated rings. The monoisotopic (exact) mass is 281 g/mol. The molecule has 0 aliphatic carbocycles. The van der Waals surface area contributed by atoms with Crippen LogP contribution in [0.25, 0.3) is 0 Å². The van der Waals surface area contributed by atoms with E-state index in [1.807, 2.05) is 0 Å². The topological polar surface area (TPSA) is 66.1 Å². The Morgan fingerprint density at radius 1 is 1.00 bits per heavy atom. The van der Waals surface area contributed by atoms with E-state index in [0.29, 0.717) is 13.1 Å². The van der Waals surface area contributed by atoms with E-state index in [0.717, 1.165) is 19.3 Å². The molecule has 0 spiro atoms. The molecule has 1 aliphatic heterocycles. The van der Waals surface area contributed by atoms with E-state index < -0.39 is 0 Å². The smallest absolute Gasteiger partial charge is 0.0979 e. The standard InChI is InChI=1S/C13H23N5S/c1-4-11-16-12(5-2)18(10-8-15)19-13(6-3)17(11)9-7-14/h11-13,16H,4-6,9-10H2,1-3H3. The molecule has 1 aliphatic rings. The first-order chi connectivity index (χ1) is 9.21. The minimum absolute atomic E-state index is 0.187. The second kappa shape index (κ2) is 8.39. The first-order valence-electron chi connectivity index (χ1n) is 6.90. The van der Waals surface area contributed by atoms with Gasteiger partial charge in [-0.25, -0.2) is 4.31 Å². The van der Waals surface area contributed by atoms with Crippen LogP contribution in [0.5, 0.6) is 0 Å². The molecule has 5 nitrogen and oxygen atoms in total. The van der Waals surface area contributed by atoms with Crippen molar-refractivity contribution in [2.24, 2.45) is 0 Å². The molecule has 106 valence electrons. The summed E-state index contributed by atoms with van der Waals surface area (Å²) in [5, 5.41) is 21.8. The van der Waals surface area contributed by atoms with Crippen molar-refractivity contribution in [1.82, 2.24) is 14.5 Å². The lowest BCUT2D eigenvalue weighted by Crippen LogP contribution is -2.51. The molecule has 1 N–H and O–H groups in total. The van der Waals surface area contributed by atoms with Crippen molar-refractivity contribution in [3.63, 3.8) is 0 Å². The van der Waals surface area contributed by atoms with Crippen molar-refractivity contribution in [2.45, 2.75) is 57.7 Å². The fourth-order valence-electron chi connectivity index (χ4n) is 2.39. The van der Waals surface area contributed by atoms with Gasteiger partial charge in [-0.15, -0.1) is 0 Å². The molecule has 0 amide bonds. The summed E-state index contributed by atoms with van der Waals surface area (Å²) < 4.78 is 2.12. The molecule has 1 rings (SSSR count). The predicted molar refractivity (Wildman–Crippen MR) is 77.6 cm³/mol. The van der Waals surface area contributed by atoms with Crippen LogP contribution in [0, 0.1) is 22.7 Å². The van der Waals surface area contributed by atoms with E-state index >= 15 is 0 Å². The summed E-state index contributed by atoms with van der Waals surface area (Å²) in [5.74, 6) is 0. The van der Waals surface area contributed by atoms with E-state index in [2.05, 4.69) is 47.4 Å². The number of hydrogen-bond acceptors (Lipinski definition) is 6. The third kappa shape index (κ3) is 4.09. The van der Waals surface area contributed by atoms with Crippen molar-refractivity contribution in [3.8, 4) is 12.1 Å². The highest BCUT2D eigenvalue weighted by molar-refractivity contribution is 7.97. The van der Waals surface area contributed by atoms with Crippen LogP contribution in [0.4, 0.5) is 0 Å². The van der Waals surface area contributed by atoms with Crippen LogP contribution in [0.2, 0.25) is 0 Å². The normalized spacial score (nSPS) is 29.4. The molecule has 1 heterocycles. The second-order valence-corrected chi connectivity index (χ2v) is 5.77. The molecule has 6 heteroatoms. The molecule has 3 unspecified atom stereocenters. The van der Waals surface area contributed by atoms with Gasteiger partial charge in [-0.1, -0.05) is 32.7 Å². The van der Waals surface area contributed by atoms with Gasteiger partial charge in [0, 0.05) is 0 Å². The molecule has 0 saturated carbocycles. The van der Waals surface area contributed by atoms with Gasteiger partial charge in [0.1, 0.15) is 0 Å². The van der Waals surface area contributed by atoms with Gasteiger partial charge in [-0.3, -0.25) is 10.2 Å². The van der Waals surface area contributed by atoms with Crippen LogP contribution in [0.15, 0.2) is 0 Å². The summed E-state index contributed by atoms with van der Waals surface area (Å²) in [6, 6.07) is 4.50. The number of nitrogens with one attached hydrogen (secondary N) is 1. The maximum absolute atomic E-state index is 9.03. The molecule has 0 radical (unpaired) electrons. The number of hydrogen-bond donors (Lipinski definition) is 1. The minimum Gasteiger partial charge on any atom is -0.285 e. The third-order valence-electron chi connectivity index (χ3n) is 3.36. The lowest BCUT2D eigenvalue weighted by molar-refractivity contribution is 0.143. The molecular weight excluding hydrogens is 258 g/mol. The third-order valence-corrected chi connectivity index (χ3v) is 4.86. The van der Waals surface area contributed by atoms with Gasteiger partial charge in [0.25, 0.3) is 0 Å². The molecule has 19 heavy (non-hydrogen) atoms. The van der Waals surface area contributed by atoms with Crippen LogP contribution >= 0.6 is 11.9 Å². The first kappa shape index (κ1) is 16.3. The minimum atomic E-state index is 0.187. The molecule has 0 aromatic carbocycles. The molecule has 3 atom stereocenters. The average molecular weight is 281 g/mol. The Bertz CT molecular complexity index is 348. The van der Waals surface area contributed by atoms with E-state index in [4.69, 9.17) is 10.5 Å². The van der Waals surface area contributed by atoms with Crippen molar-refractivity contribution >= 4 is 11.9 Å². The van der Waals surface area contributed by atoms with E-state index in [1.165, 1.54) is 0 Å². The van der Waals surface area contributed by atoms with Gasteiger partial charge < -0.3 is 0 Å². The Hall–Kier alpha value is -0.790. The fourth-order valence-corrected chi connectivity index (χ4v) is 3.68. The zero-order valence-electron chi connectivity index (χ0n) is 12.0. The number of nitrogens with zero attached hydrogens (tertiary/aromatic N) is 4. The number of rotatable bonds is 5. The largest absolute Gasteiger partial charge is 0.285 e. The van der Waals surface area contributed by atoms with Gasteiger partial charge in [-0.2, -0.15) is 10.5 Å². The van der Waals surface area contributed by atoms with Gasteiger partial charge in [0.2, 0.25) is 0 Å². The Balaban J connectivity index is 2.96. The van der Waals surface area contributed by atoms with E-state index in [-0.39, 0.29) is 17.7 Å². The highest BCUT2D eigenvalue weighted by Gasteiger charge is 2.34. The quantitative estimate of drug-likeness (QED) is 0.615. The second-order valence-electron chi connectivity index (χ2n) is 4.55. The summed E-state index contributed by atoms with van der Waals surface area (Å²) in [6.07, 6.45) is 3.25. The Morgan fingerprint density at radius 3 is 2.11 bits per heavy atom.